The first-order valence-electron chi connectivity index (χ1n) is 11.4. The van der Waals surface area contributed by atoms with E-state index in [-0.39, 0.29) is 40.7 Å². The number of ether oxygens (including phenoxy) is 2. The summed E-state index contributed by atoms with van der Waals surface area (Å²) in [6.07, 6.45) is 1.37. The van der Waals surface area contributed by atoms with Gasteiger partial charge in [0.1, 0.15) is 40.7 Å². The van der Waals surface area contributed by atoms with Crippen LogP contribution >= 0.6 is 38.9 Å². The first-order chi connectivity index (χ1) is 16.9. The molecule has 3 aromatic rings. The molecule has 186 valence electrons. The van der Waals surface area contributed by atoms with E-state index in [4.69, 9.17) is 26.1 Å². The highest BCUT2D eigenvalue weighted by atomic mass is 79.9. The second-order valence-corrected chi connectivity index (χ2v) is 11.2. The van der Waals surface area contributed by atoms with Gasteiger partial charge in [0.15, 0.2) is 11.0 Å². The zero-order chi connectivity index (χ0) is 24.3. The first-order valence-corrected chi connectivity index (χ1v) is 13.5. The van der Waals surface area contributed by atoms with E-state index in [1.807, 2.05) is 11.8 Å². The number of anilines is 1. The Balaban J connectivity index is 1.43. The van der Waals surface area contributed by atoms with Gasteiger partial charge in [-0.2, -0.15) is 15.0 Å². The van der Waals surface area contributed by atoms with Crippen LogP contribution in [-0.2, 0) is 0 Å². The molecular formula is C22H22BrClF2N6O2S. The van der Waals surface area contributed by atoms with E-state index >= 15 is 4.39 Å². The van der Waals surface area contributed by atoms with Crippen molar-refractivity contribution in [3.8, 4) is 11.9 Å². The summed E-state index contributed by atoms with van der Waals surface area (Å²) in [6.45, 7) is 4.28. The number of thiazole rings is 1. The van der Waals surface area contributed by atoms with Gasteiger partial charge in [0.25, 0.3) is 0 Å². The Morgan fingerprint density at radius 2 is 2.23 bits per heavy atom. The molecule has 2 saturated heterocycles. The number of aromatic nitrogens is 4. The Morgan fingerprint density at radius 3 is 3.03 bits per heavy atom. The number of halogens is 4. The molecule has 0 bridgehead atoms. The number of hydrogen-bond donors (Lipinski definition) is 0. The van der Waals surface area contributed by atoms with Gasteiger partial charge in [-0.1, -0.05) is 11.6 Å². The highest BCUT2D eigenvalue weighted by molar-refractivity contribution is 9.10. The normalized spacial score (nSPS) is 24.9. The number of hydrogen-bond acceptors (Lipinski definition) is 9. The molecule has 0 spiro atoms. The van der Waals surface area contributed by atoms with Crippen molar-refractivity contribution in [2.24, 2.45) is 0 Å². The van der Waals surface area contributed by atoms with E-state index in [0.717, 1.165) is 28.9 Å². The standard InChI is InChI=1S/C22H22BrClF2N6O2S/c1-11(16-17(23)27-10-35-16)32-5-6-33-20-13-15(14(26)18(24)29-20)28-21(30-19(13)32)34-9-22-3-2-4-31(22)8-12(25)7-22/h10-12H,2-9H2,1H3/t11?,12-,22+/m1/s1. The van der Waals surface area contributed by atoms with Crippen molar-refractivity contribution >= 4 is 55.6 Å². The van der Waals surface area contributed by atoms with Crippen LogP contribution in [0.15, 0.2) is 10.1 Å². The number of rotatable bonds is 5. The number of pyridine rings is 1. The minimum absolute atomic E-state index is 0.0157. The summed E-state index contributed by atoms with van der Waals surface area (Å²) in [7, 11) is 0. The van der Waals surface area contributed by atoms with Crippen LogP contribution in [-0.4, -0.2) is 69.4 Å². The number of alkyl halides is 1. The molecule has 3 atom stereocenters. The average Bonchev–Trinajstić information content (AvgIpc) is 3.47. The predicted molar refractivity (Wildman–Crippen MR) is 132 cm³/mol. The molecule has 8 nitrogen and oxygen atoms in total. The molecular weight excluding hydrogens is 566 g/mol. The molecule has 6 rings (SSSR count). The fourth-order valence-corrected chi connectivity index (χ4v) is 7.24. The van der Waals surface area contributed by atoms with Crippen LogP contribution < -0.4 is 14.4 Å². The first kappa shape index (κ1) is 23.5. The number of fused-ring (bicyclic) bond motifs is 1. The van der Waals surface area contributed by atoms with Crippen molar-refractivity contribution in [2.75, 3.05) is 37.7 Å². The summed E-state index contributed by atoms with van der Waals surface area (Å²) in [4.78, 5) is 22.6. The molecule has 3 aliphatic rings. The zero-order valence-electron chi connectivity index (χ0n) is 18.8. The monoisotopic (exact) mass is 586 g/mol. The second-order valence-electron chi connectivity index (χ2n) is 9.16. The van der Waals surface area contributed by atoms with Crippen molar-refractivity contribution in [1.29, 1.82) is 0 Å². The van der Waals surface area contributed by atoms with Crippen molar-refractivity contribution in [2.45, 2.75) is 43.9 Å². The van der Waals surface area contributed by atoms with Gasteiger partial charge in [0.2, 0.25) is 5.88 Å². The molecule has 35 heavy (non-hydrogen) atoms. The van der Waals surface area contributed by atoms with E-state index < -0.39 is 12.0 Å². The maximum absolute atomic E-state index is 15.2. The van der Waals surface area contributed by atoms with Gasteiger partial charge in [-0.3, -0.25) is 4.90 Å². The van der Waals surface area contributed by atoms with Crippen molar-refractivity contribution in [3.05, 3.63) is 26.0 Å². The molecule has 6 heterocycles. The van der Waals surface area contributed by atoms with Crippen LogP contribution in [0.25, 0.3) is 10.9 Å². The second kappa shape index (κ2) is 8.89. The molecule has 3 aromatic heterocycles. The third-order valence-electron chi connectivity index (χ3n) is 7.14. The van der Waals surface area contributed by atoms with E-state index in [9.17, 15) is 4.39 Å². The molecule has 1 unspecified atom stereocenters. The Morgan fingerprint density at radius 1 is 1.37 bits per heavy atom. The topological polar surface area (TPSA) is 76.5 Å². The molecule has 0 radical (unpaired) electrons. The lowest BCUT2D eigenvalue weighted by molar-refractivity contribution is 0.107. The summed E-state index contributed by atoms with van der Waals surface area (Å²) in [5, 5.41) is 0.0148. The van der Waals surface area contributed by atoms with Crippen LogP contribution in [0, 0.1) is 5.82 Å². The van der Waals surface area contributed by atoms with Gasteiger partial charge < -0.3 is 14.4 Å². The number of nitrogens with zero attached hydrogens (tertiary/aromatic N) is 6. The van der Waals surface area contributed by atoms with Crippen molar-refractivity contribution in [1.82, 2.24) is 24.8 Å². The van der Waals surface area contributed by atoms with Crippen molar-refractivity contribution in [3.63, 3.8) is 0 Å². The van der Waals surface area contributed by atoms with Crippen LogP contribution in [0.4, 0.5) is 14.6 Å². The summed E-state index contributed by atoms with van der Waals surface area (Å²) < 4.78 is 42.1. The minimum Gasteiger partial charge on any atom is -0.475 e. The lowest BCUT2D eigenvalue weighted by Gasteiger charge is -2.31. The third kappa shape index (κ3) is 3.93. The van der Waals surface area contributed by atoms with Gasteiger partial charge in [-0.25, -0.2) is 13.8 Å². The molecule has 0 aromatic carbocycles. The molecule has 13 heteroatoms. The Kier molecular flexibility index (Phi) is 5.97. The Bertz CT molecular complexity index is 1300. The van der Waals surface area contributed by atoms with Crippen LogP contribution in [0.3, 0.4) is 0 Å². The maximum Gasteiger partial charge on any atom is 0.319 e. The fourth-order valence-electron chi connectivity index (χ4n) is 5.48. The SMILES string of the molecule is CC(c1scnc1Br)N1CCOc2nc(Cl)c(F)c3nc(OC[C@@]45CCCN4C[C@H](F)C5)nc1c23. The molecule has 3 aliphatic heterocycles. The lowest BCUT2D eigenvalue weighted by Crippen LogP contribution is -2.43. The van der Waals surface area contributed by atoms with Gasteiger partial charge in [-0.15, -0.1) is 11.3 Å². The summed E-state index contributed by atoms with van der Waals surface area (Å²) in [6, 6.07) is -0.132. The summed E-state index contributed by atoms with van der Waals surface area (Å²) in [5.41, 5.74) is 1.36. The molecule has 0 aliphatic carbocycles. The van der Waals surface area contributed by atoms with Crippen LogP contribution in [0.5, 0.6) is 11.9 Å². The van der Waals surface area contributed by atoms with E-state index in [2.05, 4.69) is 35.8 Å². The van der Waals surface area contributed by atoms with E-state index in [1.165, 1.54) is 11.3 Å². The summed E-state index contributed by atoms with van der Waals surface area (Å²) in [5.74, 6) is -0.132. The minimum atomic E-state index is -0.877. The maximum atomic E-state index is 15.2. The smallest absolute Gasteiger partial charge is 0.319 e. The molecule has 0 N–H and O–H groups in total. The third-order valence-corrected chi connectivity index (χ3v) is 9.29. The molecule has 0 saturated carbocycles. The van der Waals surface area contributed by atoms with Gasteiger partial charge in [0.05, 0.1) is 28.5 Å². The van der Waals surface area contributed by atoms with Gasteiger partial charge in [-0.05, 0) is 42.2 Å². The lowest BCUT2D eigenvalue weighted by atomic mass is 9.95. The highest BCUT2D eigenvalue weighted by Crippen LogP contribution is 2.43. The van der Waals surface area contributed by atoms with Gasteiger partial charge in [0, 0.05) is 13.0 Å². The predicted octanol–water partition coefficient (Wildman–Crippen LogP) is 4.95. The Labute approximate surface area is 217 Å². The van der Waals surface area contributed by atoms with E-state index in [0.29, 0.717) is 37.3 Å². The zero-order valence-corrected chi connectivity index (χ0v) is 22.0. The largest absolute Gasteiger partial charge is 0.475 e. The average molecular weight is 588 g/mol. The van der Waals surface area contributed by atoms with Gasteiger partial charge >= 0.3 is 6.01 Å². The van der Waals surface area contributed by atoms with Crippen LogP contribution in [0.2, 0.25) is 5.15 Å². The highest BCUT2D eigenvalue weighted by Gasteiger charge is 2.49. The van der Waals surface area contributed by atoms with Crippen LogP contribution in [0.1, 0.15) is 37.1 Å². The fraction of sp³-hybridized carbons (Fsp3) is 0.545. The Hall–Kier alpha value is -1.89. The quantitative estimate of drug-likeness (QED) is 0.388. The summed E-state index contributed by atoms with van der Waals surface area (Å²) >= 11 is 11.1. The van der Waals surface area contributed by atoms with Crippen molar-refractivity contribution < 1.29 is 18.3 Å². The molecule has 2 fully saturated rings. The van der Waals surface area contributed by atoms with E-state index in [1.54, 1.807) is 5.51 Å². The molecule has 0 amide bonds.